The van der Waals surface area contributed by atoms with Gasteiger partial charge in [-0.2, -0.15) is 0 Å². The summed E-state index contributed by atoms with van der Waals surface area (Å²) in [7, 11) is 0. The largest absolute Gasteiger partial charge is 0.274 e. The summed E-state index contributed by atoms with van der Waals surface area (Å²) in [5.41, 5.74) is 6.63. The Labute approximate surface area is 163 Å². The van der Waals surface area contributed by atoms with Crippen LogP contribution in [0.3, 0.4) is 0 Å². The summed E-state index contributed by atoms with van der Waals surface area (Å²) in [6.07, 6.45) is 0. The van der Waals surface area contributed by atoms with Gasteiger partial charge < -0.3 is 0 Å². The third-order valence-electron chi connectivity index (χ3n) is 6.74. The molecule has 3 nitrogen and oxygen atoms in total. The van der Waals surface area contributed by atoms with Gasteiger partial charge in [0.25, 0.3) is 0 Å². The Morgan fingerprint density at radius 3 is 1.39 bits per heavy atom. The van der Waals surface area contributed by atoms with Crippen LogP contribution in [0.25, 0.3) is 0 Å². The third-order valence-corrected chi connectivity index (χ3v) is 6.74. The minimum atomic E-state index is -0.316. The molecule has 1 fully saturated rings. The van der Waals surface area contributed by atoms with Crippen LogP contribution in [-0.2, 0) is 9.59 Å². The number of amides is 2. The smallest absolute Gasteiger partial charge is 0.238 e. The van der Waals surface area contributed by atoms with E-state index in [2.05, 4.69) is 24.3 Å². The molecule has 0 N–H and O–H groups in total. The molecule has 4 aliphatic rings. The molecule has 0 saturated carbocycles. The van der Waals surface area contributed by atoms with Crippen molar-refractivity contribution in [2.75, 3.05) is 4.90 Å². The molecule has 2 bridgehead atoms. The second-order valence-electron chi connectivity index (χ2n) is 8.11. The van der Waals surface area contributed by atoms with Gasteiger partial charge in [-0.15, -0.1) is 0 Å². The topological polar surface area (TPSA) is 37.4 Å². The van der Waals surface area contributed by atoms with Crippen molar-refractivity contribution < 1.29 is 9.59 Å². The highest BCUT2D eigenvalue weighted by atomic mass is 16.2. The summed E-state index contributed by atoms with van der Waals surface area (Å²) in [4.78, 5) is 28.5. The number of carbonyl (C=O) groups excluding carboxylic acids is 2. The molecule has 0 unspecified atom stereocenters. The van der Waals surface area contributed by atoms with Crippen LogP contribution in [-0.4, -0.2) is 11.8 Å². The molecule has 7 rings (SSSR count). The van der Waals surface area contributed by atoms with E-state index in [1.165, 1.54) is 27.2 Å². The van der Waals surface area contributed by atoms with E-state index >= 15 is 0 Å². The maximum Gasteiger partial charge on any atom is 0.238 e. The van der Waals surface area contributed by atoms with Gasteiger partial charge in [-0.05, 0) is 41.3 Å². The van der Waals surface area contributed by atoms with Crippen LogP contribution in [0.5, 0.6) is 0 Å². The summed E-state index contributed by atoms with van der Waals surface area (Å²) < 4.78 is 0. The fourth-order valence-corrected chi connectivity index (χ4v) is 5.63. The third kappa shape index (κ3) is 1.84. The van der Waals surface area contributed by atoms with Gasteiger partial charge in [-0.25, -0.2) is 4.90 Å². The summed E-state index contributed by atoms with van der Waals surface area (Å²) in [6, 6.07) is 24.3. The Balaban J connectivity index is 1.57. The highest BCUT2D eigenvalue weighted by molar-refractivity contribution is 6.23. The number of nitrogens with zero attached hydrogens (tertiary/aromatic N) is 1. The highest BCUT2D eigenvalue weighted by Crippen LogP contribution is 2.61. The molecule has 0 aromatic heterocycles. The van der Waals surface area contributed by atoms with Gasteiger partial charge in [0.05, 0.1) is 17.5 Å². The Hall–Kier alpha value is -3.20. The minimum Gasteiger partial charge on any atom is -0.274 e. The first-order valence-corrected chi connectivity index (χ1v) is 9.79. The van der Waals surface area contributed by atoms with E-state index in [0.717, 1.165) is 5.56 Å². The normalized spacial score (nSPS) is 26.8. The molecule has 1 saturated heterocycles. The van der Waals surface area contributed by atoms with Gasteiger partial charge in [-0.1, -0.05) is 66.2 Å². The van der Waals surface area contributed by atoms with Crippen molar-refractivity contribution in [3.05, 3.63) is 101 Å². The Kier molecular flexibility index (Phi) is 3.06. The van der Waals surface area contributed by atoms with E-state index in [0.29, 0.717) is 5.69 Å². The quantitative estimate of drug-likeness (QED) is 0.600. The average molecular weight is 365 g/mol. The highest BCUT2D eigenvalue weighted by Gasteiger charge is 2.61. The average Bonchev–Trinajstić information content (AvgIpc) is 3.00. The number of anilines is 1. The lowest BCUT2D eigenvalue weighted by Gasteiger charge is -2.45. The number of carbonyl (C=O) groups is 2. The van der Waals surface area contributed by atoms with Crippen LogP contribution >= 0.6 is 0 Å². The monoisotopic (exact) mass is 365 g/mol. The fraction of sp³-hybridized carbons (Fsp3) is 0.200. The predicted octanol–water partition coefficient (Wildman–Crippen LogP) is 4.39. The molecule has 3 aromatic rings. The molecular weight excluding hydrogens is 346 g/mol. The number of imide groups is 1. The molecular formula is C25H19NO2. The molecule has 0 spiro atoms. The molecule has 1 heterocycles. The summed E-state index contributed by atoms with van der Waals surface area (Å²) in [6.45, 7) is 2.00. The molecule has 0 radical (unpaired) electrons. The first kappa shape index (κ1) is 15.8. The van der Waals surface area contributed by atoms with Gasteiger partial charge in [0.15, 0.2) is 0 Å². The van der Waals surface area contributed by atoms with E-state index in [4.69, 9.17) is 0 Å². The molecule has 1 aliphatic heterocycles. The lowest BCUT2D eigenvalue weighted by molar-refractivity contribution is -0.122. The second-order valence-corrected chi connectivity index (χ2v) is 8.11. The molecule has 2 atom stereocenters. The maximum atomic E-state index is 13.6. The van der Waals surface area contributed by atoms with Crippen molar-refractivity contribution in [3.8, 4) is 0 Å². The number of hydrogen-bond donors (Lipinski definition) is 0. The van der Waals surface area contributed by atoms with Gasteiger partial charge in [0.2, 0.25) is 11.8 Å². The number of benzene rings is 3. The first-order valence-electron chi connectivity index (χ1n) is 9.79. The van der Waals surface area contributed by atoms with Crippen molar-refractivity contribution in [3.63, 3.8) is 0 Å². The van der Waals surface area contributed by atoms with Crippen molar-refractivity contribution >= 4 is 17.5 Å². The predicted molar refractivity (Wildman–Crippen MR) is 107 cm³/mol. The van der Waals surface area contributed by atoms with Crippen LogP contribution in [0, 0.1) is 18.8 Å². The zero-order valence-electron chi connectivity index (χ0n) is 15.5. The van der Waals surface area contributed by atoms with E-state index in [-0.39, 0.29) is 35.5 Å². The lowest BCUT2D eigenvalue weighted by Crippen LogP contribution is -2.41. The van der Waals surface area contributed by atoms with E-state index < -0.39 is 0 Å². The molecule has 3 aromatic carbocycles. The second kappa shape index (κ2) is 5.41. The van der Waals surface area contributed by atoms with Crippen LogP contribution in [0.2, 0.25) is 0 Å². The minimum absolute atomic E-state index is 0.0469. The zero-order chi connectivity index (χ0) is 19.0. The number of hydrogen-bond acceptors (Lipinski definition) is 2. The number of aryl methyl sites for hydroxylation is 1. The number of rotatable bonds is 1. The lowest BCUT2D eigenvalue weighted by atomic mass is 9.55. The summed E-state index contributed by atoms with van der Waals surface area (Å²) >= 11 is 0. The van der Waals surface area contributed by atoms with Crippen molar-refractivity contribution in [1.82, 2.24) is 0 Å². The molecule has 136 valence electrons. The SMILES string of the molecule is Cc1ccc(N2C(=O)[C@@H]3C4c5ccccc5C(c5ccccc54)[C@H]3C2=O)cc1. The van der Waals surface area contributed by atoms with E-state index in [1.54, 1.807) is 0 Å². The Morgan fingerprint density at radius 2 is 1.00 bits per heavy atom. The van der Waals surface area contributed by atoms with Crippen molar-refractivity contribution in [1.29, 1.82) is 0 Å². The zero-order valence-corrected chi connectivity index (χ0v) is 15.5. The van der Waals surface area contributed by atoms with Crippen molar-refractivity contribution in [2.45, 2.75) is 18.8 Å². The molecule has 2 amide bonds. The summed E-state index contributed by atoms with van der Waals surface area (Å²) in [5, 5.41) is 0. The van der Waals surface area contributed by atoms with Crippen LogP contribution in [0.4, 0.5) is 5.69 Å². The molecule has 3 heteroatoms. The van der Waals surface area contributed by atoms with Crippen LogP contribution < -0.4 is 4.90 Å². The maximum absolute atomic E-state index is 13.6. The summed E-state index contributed by atoms with van der Waals surface area (Å²) in [5.74, 6) is -0.841. The van der Waals surface area contributed by atoms with E-state index in [1.807, 2.05) is 55.5 Å². The van der Waals surface area contributed by atoms with E-state index in [9.17, 15) is 9.59 Å². The van der Waals surface area contributed by atoms with Gasteiger partial charge in [0.1, 0.15) is 0 Å². The van der Waals surface area contributed by atoms with Gasteiger partial charge in [0, 0.05) is 11.8 Å². The first-order chi connectivity index (χ1) is 13.7. The fourth-order valence-electron chi connectivity index (χ4n) is 5.63. The molecule has 3 aliphatic carbocycles. The standard InChI is InChI=1S/C25H19NO2/c1-14-10-12-15(13-11-14)26-24(27)22-20-16-6-2-3-7-17(16)21(23(22)25(26)28)19-9-5-4-8-18(19)20/h2-13,20-23H,1H3/t20?,21?,22-,23-/m1/s1. The Morgan fingerprint density at radius 1 is 0.607 bits per heavy atom. The van der Waals surface area contributed by atoms with Crippen LogP contribution in [0.1, 0.15) is 39.7 Å². The molecule has 28 heavy (non-hydrogen) atoms. The van der Waals surface area contributed by atoms with Crippen LogP contribution in [0.15, 0.2) is 72.8 Å². The van der Waals surface area contributed by atoms with Gasteiger partial charge >= 0.3 is 0 Å². The van der Waals surface area contributed by atoms with Gasteiger partial charge in [-0.3, -0.25) is 9.59 Å². The Bertz CT molecular complexity index is 1030. The van der Waals surface area contributed by atoms with Crippen molar-refractivity contribution in [2.24, 2.45) is 11.8 Å².